The predicted octanol–water partition coefficient (Wildman–Crippen LogP) is 5.36. The molecule has 0 aromatic heterocycles. The van der Waals surface area contributed by atoms with E-state index in [1.165, 1.54) is 24.0 Å². The van der Waals surface area contributed by atoms with Crippen LogP contribution in [0.25, 0.3) is 0 Å². The highest BCUT2D eigenvalue weighted by Gasteiger charge is 2.16. The summed E-state index contributed by atoms with van der Waals surface area (Å²) >= 11 is 0. The molecule has 0 spiro atoms. The maximum absolute atomic E-state index is 12.4. The van der Waals surface area contributed by atoms with E-state index in [0.29, 0.717) is 0 Å². The van der Waals surface area contributed by atoms with Gasteiger partial charge in [0.1, 0.15) is 5.75 Å². The molecule has 3 nitrogen and oxygen atoms in total. The minimum Gasteiger partial charge on any atom is -0.481 e. The number of carbonyl (C=O) groups is 1. The van der Waals surface area contributed by atoms with Gasteiger partial charge in [-0.05, 0) is 81.0 Å². The van der Waals surface area contributed by atoms with Crippen LogP contribution >= 0.6 is 0 Å². The lowest BCUT2D eigenvalue weighted by molar-refractivity contribution is -0.122. The zero-order valence-corrected chi connectivity index (χ0v) is 16.0. The van der Waals surface area contributed by atoms with Crippen molar-refractivity contribution in [1.82, 2.24) is 0 Å². The summed E-state index contributed by atoms with van der Waals surface area (Å²) in [6.45, 7) is 10.1. The van der Waals surface area contributed by atoms with E-state index in [-0.39, 0.29) is 5.91 Å². The molecule has 0 unspecified atom stereocenters. The summed E-state index contributed by atoms with van der Waals surface area (Å²) < 4.78 is 5.91. The van der Waals surface area contributed by atoms with Crippen molar-refractivity contribution in [2.75, 3.05) is 5.32 Å². The molecule has 1 atom stereocenters. The minimum absolute atomic E-state index is 0.139. The number of rotatable bonds is 7. The number of carbonyl (C=O) groups excluding carboxylic acids is 1. The van der Waals surface area contributed by atoms with Gasteiger partial charge in [-0.3, -0.25) is 4.79 Å². The van der Waals surface area contributed by atoms with Crippen molar-refractivity contribution in [2.24, 2.45) is 0 Å². The van der Waals surface area contributed by atoms with E-state index >= 15 is 0 Å². The predicted molar refractivity (Wildman–Crippen MR) is 104 cm³/mol. The van der Waals surface area contributed by atoms with Crippen LogP contribution in [0.5, 0.6) is 5.75 Å². The molecule has 2 aromatic carbocycles. The number of nitrogens with one attached hydrogen (secondary N) is 1. The summed E-state index contributed by atoms with van der Waals surface area (Å²) in [5.74, 6) is 0.634. The second-order valence-electron chi connectivity index (χ2n) is 6.75. The van der Waals surface area contributed by atoms with Gasteiger partial charge in [0, 0.05) is 5.69 Å². The Morgan fingerprint density at radius 2 is 1.80 bits per heavy atom. The molecule has 1 amide bonds. The van der Waals surface area contributed by atoms with Gasteiger partial charge in [0.15, 0.2) is 6.10 Å². The normalized spacial score (nSPS) is 11.9. The number of hydrogen-bond donors (Lipinski definition) is 1. The van der Waals surface area contributed by atoms with Crippen LogP contribution in [0.1, 0.15) is 48.9 Å². The first-order chi connectivity index (χ1) is 11.9. The van der Waals surface area contributed by atoms with Gasteiger partial charge in [-0.1, -0.05) is 31.5 Å². The molecule has 0 bridgehead atoms. The number of amides is 1. The molecule has 2 rings (SSSR count). The Balaban J connectivity index is 1.98. The number of anilines is 1. The Kier molecular flexibility index (Phi) is 6.63. The number of benzene rings is 2. The van der Waals surface area contributed by atoms with Crippen LogP contribution in [0, 0.1) is 20.8 Å². The van der Waals surface area contributed by atoms with Crippen LogP contribution < -0.4 is 10.1 Å². The third kappa shape index (κ3) is 5.35. The van der Waals surface area contributed by atoms with Crippen molar-refractivity contribution in [3.63, 3.8) is 0 Å². The number of ether oxygens (including phenoxy) is 1. The Morgan fingerprint density at radius 1 is 1.12 bits per heavy atom. The quantitative estimate of drug-likeness (QED) is 0.737. The Labute approximate surface area is 151 Å². The number of hydrogen-bond acceptors (Lipinski definition) is 2. The summed E-state index contributed by atoms with van der Waals surface area (Å²) in [7, 11) is 0. The van der Waals surface area contributed by atoms with E-state index < -0.39 is 6.10 Å². The fourth-order valence-corrected chi connectivity index (χ4v) is 2.75. The van der Waals surface area contributed by atoms with Crippen LogP contribution in [0.2, 0.25) is 0 Å². The summed E-state index contributed by atoms with van der Waals surface area (Å²) in [6, 6.07) is 12.2. The molecule has 0 aliphatic heterocycles. The third-order valence-electron chi connectivity index (χ3n) is 4.48. The summed E-state index contributed by atoms with van der Waals surface area (Å²) in [4.78, 5) is 12.4. The van der Waals surface area contributed by atoms with E-state index in [1.807, 2.05) is 32.0 Å². The minimum atomic E-state index is -0.556. The maximum Gasteiger partial charge on any atom is 0.265 e. The Hall–Kier alpha value is -2.29. The zero-order valence-electron chi connectivity index (χ0n) is 16.0. The van der Waals surface area contributed by atoms with Crippen molar-refractivity contribution in [3.05, 3.63) is 58.7 Å². The van der Waals surface area contributed by atoms with Gasteiger partial charge in [-0.25, -0.2) is 0 Å². The van der Waals surface area contributed by atoms with Crippen LogP contribution in [-0.4, -0.2) is 12.0 Å². The van der Waals surface area contributed by atoms with Crippen LogP contribution in [0.15, 0.2) is 36.4 Å². The van der Waals surface area contributed by atoms with E-state index in [1.54, 1.807) is 6.92 Å². The van der Waals surface area contributed by atoms with Crippen molar-refractivity contribution in [2.45, 2.75) is 60.0 Å². The van der Waals surface area contributed by atoms with Gasteiger partial charge in [0.25, 0.3) is 5.91 Å². The molecule has 0 fully saturated rings. The molecule has 0 heterocycles. The highest BCUT2D eigenvalue weighted by Crippen LogP contribution is 2.24. The molecule has 2 aromatic rings. The topological polar surface area (TPSA) is 38.3 Å². The SMILES string of the molecule is CCCCc1ccc(NC(=O)[C@@H](C)Oc2cc(C)cc(C)c2C)cc1. The van der Waals surface area contributed by atoms with Crippen molar-refractivity contribution >= 4 is 11.6 Å². The lowest BCUT2D eigenvalue weighted by atomic mass is 10.1. The van der Waals surface area contributed by atoms with E-state index in [9.17, 15) is 4.79 Å². The number of aryl methyl sites for hydroxylation is 3. The first kappa shape index (κ1) is 19.0. The molecule has 134 valence electrons. The maximum atomic E-state index is 12.4. The lowest BCUT2D eigenvalue weighted by Crippen LogP contribution is -2.30. The smallest absolute Gasteiger partial charge is 0.265 e. The second kappa shape index (κ2) is 8.70. The molecule has 3 heteroatoms. The fourth-order valence-electron chi connectivity index (χ4n) is 2.75. The highest BCUT2D eigenvalue weighted by atomic mass is 16.5. The Morgan fingerprint density at radius 3 is 2.44 bits per heavy atom. The molecular formula is C22H29NO2. The molecule has 25 heavy (non-hydrogen) atoms. The van der Waals surface area contributed by atoms with Crippen LogP contribution in [-0.2, 0) is 11.2 Å². The summed E-state index contributed by atoms with van der Waals surface area (Å²) in [5, 5.41) is 2.93. The molecule has 0 saturated carbocycles. The standard InChI is InChI=1S/C22H29NO2/c1-6-7-8-19-9-11-20(12-10-19)23-22(24)18(5)25-21-14-15(2)13-16(3)17(21)4/h9-14,18H,6-8H2,1-5H3,(H,23,24)/t18-/m1/s1. The van der Waals surface area contributed by atoms with E-state index in [2.05, 4.69) is 37.4 Å². The summed E-state index contributed by atoms with van der Waals surface area (Å²) in [5.41, 5.74) is 5.48. The van der Waals surface area contributed by atoms with Gasteiger partial charge in [-0.15, -0.1) is 0 Å². The first-order valence-electron chi connectivity index (χ1n) is 9.05. The van der Waals surface area contributed by atoms with Gasteiger partial charge >= 0.3 is 0 Å². The van der Waals surface area contributed by atoms with Crippen molar-refractivity contribution in [3.8, 4) is 5.75 Å². The molecule has 0 aliphatic rings. The lowest BCUT2D eigenvalue weighted by Gasteiger charge is -2.18. The van der Waals surface area contributed by atoms with Gasteiger partial charge in [0.2, 0.25) is 0 Å². The largest absolute Gasteiger partial charge is 0.481 e. The zero-order chi connectivity index (χ0) is 18.4. The summed E-state index contributed by atoms with van der Waals surface area (Å²) in [6.07, 6.45) is 2.90. The average Bonchev–Trinajstić information content (AvgIpc) is 2.58. The molecular weight excluding hydrogens is 310 g/mol. The number of unbranched alkanes of at least 4 members (excludes halogenated alkanes) is 1. The second-order valence-corrected chi connectivity index (χ2v) is 6.75. The Bertz CT molecular complexity index is 720. The fraction of sp³-hybridized carbons (Fsp3) is 0.409. The molecule has 1 N–H and O–H groups in total. The van der Waals surface area contributed by atoms with E-state index in [4.69, 9.17) is 4.74 Å². The highest BCUT2D eigenvalue weighted by molar-refractivity contribution is 5.94. The molecule has 0 saturated heterocycles. The first-order valence-corrected chi connectivity index (χ1v) is 9.05. The molecule has 0 aliphatic carbocycles. The van der Waals surface area contributed by atoms with Crippen LogP contribution in [0.4, 0.5) is 5.69 Å². The third-order valence-corrected chi connectivity index (χ3v) is 4.48. The average molecular weight is 339 g/mol. The van der Waals surface area contributed by atoms with Crippen molar-refractivity contribution < 1.29 is 9.53 Å². The van der Waals surface area contributed by atoms with Gasteiger partial charge in [0.05, 0.1) is 0 Å². The van der Waals surface area contributed by atoms with Gasteiger partial charge < -0.3 is 10.1 Å². The monoisotopic (exact) mass is 339 g/mol. The van der Waals surface area contributed by atoms with Gasteiger partial charge in [-0.2, -0.15) is 0 Å². The van der Waals surface area contributed by atoms with Crippen LogP contribution in [0.3, 0.4) is 0 Å². The van der Waals surface area contributed by atoms with Crippen molar-refractivity contribution in [1.29, 1.82) is 0 Å². The molecule has 0 radical (unpaired) electrons. The van der Waals surface area contributed by atoms with E-state index in [0.717, 1.165) is 29.0 Å².